The Bertz CT molecular complexity index is 444. The molecule has 1 aromatic rings. The average Bonchev–Trinajstić information content (AvgIpc) is 2.39. The van der Waals surface area contributed by atoms with Gasteiger partial charge in [-0.3, -0.25) is 4.79 Å². The van der Waals surface area contributed by atoms with Crippen molar-refractivity contribution >= 4 is 17.3 Å². The van der Waals surface area contributed by atoms with Crippen molar-refractivity contribution < 1.29 is 15.0 Å². The SMILES string of the molecule is CN(c1ccc2c(c1)CCC(=O)N2)C(CO)CO. The molecule has 2 rings (SSSR count). The van der Waals surface area contributed by atoms with Crippen LogP contribution in [0.3, 0.4) is 0 Å². The summed E-state index contributed by atoms with van der Waals surface area (Å²) < 4.78 is 0. The molecule has 5 heteroatoms. The van der Waals surface area contributed by atoms with Crippen LogP contribution in [-0.4, -0.2) is 42.4 Å². The molecule has 0 aliphatic carbocycles. The molecule has 3 N–H and O–H groups in total. The van der Waals surface area contributed by atoms with Crippen LogP contribution in [0, 0.1) is 0 Å². The van der Waals surface area contributed by atoms with Gasteiger partial charge in [0, 0.05) is 24.8 Å². The van der Waals surface area contributed by atoms with Crippen molar-refractivity contribution in [1.29, 1.82) is 0 Å². The maximum absolute atomic E-state index is 11.3. The molecule has 0 aromatic heterocycles. The van der Waals surface area contributed by atoms with E-state index in [1.807, 2.05) is 30.1 Å². The van der Waals surface area contributed by atoms with Crippen molar-refractivity contribution in [1.82, 2.24) is 0 Å². The van der Waals surface area contributed by atoms with Gasteiger partial charge in [-0.05, 0) is 30.2 Å². The molecule has 5 nitrogen and oxygen atoms in total. The van der Waals surface area contributed by atoms with E-state index in [1.165, 1.54) is 0 Å². The molecule has 0 radical (unpaired) electrons. The van der Waals surface area contributed by atoms with Gasteiger partial charge in [0.15, 0.2) is 0 Å². The average molecular weight is 250 g/mol. The Morgan fingerprint density at radius 1 is 1.33 bits per heavy atom. The van der Waals surface area contributed by atoms with Crippen molar-refractivity contribution in [3.8, 4) is 0 Å². The van der Waals surface area contributed by atoms with Gasteiger partial charge in [0.05, 0.1) is 19.3 Å². The largest absolute Gasteiger partial charge is 0.394 e. The molecule has 1 heterocycles. The molecular weight excluding hydrogens is 232 g/mol. The predicted octanol–water partition coefficient (Wildman–Crippen LogP) is 0.361. The molecule has 0 fully saturated rings. The van der Waals surface area contributed by atoms with E-state index in [1.54, 1.807) is 0 Å². The minimum Gasteiger partial charge on any atom is -0.394 e. The Hall–Kier alpha value is -1.59. The summed E-state index contributed by atoms with van der Waals surface area (Å²) >= 11 is 0. The van der Waals surface area contributed by atoms with Crippen LogP contribution in [0.25, 0.3) is 0 Å². The first kappa shape index (κ1) is 12.9. The van der Waals surface area contributed by atoms with Gasteiger partial charge in [-0.1, -0.05) is 0 Å². The number of aliphatic hydroxyl groups is 2. The molecule has 0 saturated heterocycles. The lowest BCUT2D eigenvalue weighted by Crippen LogP contribution is -2.37. The van der Waals surface area contributed by atoms with Gasteiger partial charge in [-0.15, -0.1) is 0 Å². The maximum Gasteiger partial charge on any atom is 0.224 e. The molecule has 18 heavy (non-hydrogen) atoms. The maximum atomic E-state index is 11.3. The molecular formula is C13H18N2O3. The Balaban J connectivity index is 2.23. The fourth-order valence-electron chi connectivity index (χ4n) is 2.10. The van der Waals surface area contributed by atoms with Crippen molar-refractivity contribution in [3.63, 3.8) is 0 Å². The zero-order valence-electron chi connectivity index (χ0n) is 10.4. The molecule has 1 aliphatic rings. The molecule has 1 amide bonds. The lowest BCUT2D eigenvalue weighted by atomic mass is 10.0. The molecule has 0 spiro atoms. The van der Waals surface area contributed by atoms with Crippen molar-refractivity contribution in [2.75, 3.05) is 30.5 Å². The topological polar surface area (TPSA) is 72.8 Å². The standard InChI is InChI=1S/C13H18N2O3/c1-15(11(7-16)8-17)10-3-4-12-9(6-10)2-5-13(18)14-12/h3-4,6,11,16-17H,2,5,7-8H2,1H3,(H,14,18). The fraction of sp³-hybridized carbons (Fsp3) is 0.462. The van der Waals surface area contributed by atoms with Crippen LogP contribution >= 0.6 is 0 Å². The van der Waals surface area contributed by atoms with Crippen LogP contribution in [0.4, 0.5) is 11.4 Å². The zero-order chi connectivity index (χ0) is 13.1. The number of amides is 1. The number of nitrogens with one attached hydrogen (secondary N) is 1. The molecule has 0 saturated carbocycles. The van der Waals surface area contributed by atoms with Crippen LogP contribution in [0.15, 0.2) is 18.2 Å². The summed E-state index contributed by atoms with van der Waals surface area (Å²) in [7, 11) is 1.83. The van der Waals surface area contributed by atoms with Gasteiger partial charge in [0.2, 0.25) is 5.91 Å². The first-order valence-electron chi connectivity index (χ1n) is 6.03. The molecule has 0 bridgehead atoms. The highest BCUT2D eigenvalue weighted by Crippen LogP contribution is 2.27. The van der Waals surface area contributed by atoms with Gasteiger partial charge >= 0.3 is 0 Å². The predicted molar refractivity (Wildman–Crippen MR) is 69.8 cm³/mol. The van der Waals surface area contributed by atoms with Crippen LogP contribution in [0.1, 0.15) is 12.0 Å². The van der Waals surface area contributed by atoms with E-state index in [9.17, 15) is 15.0 Å². The van der Waals surface area contributed by atoms with Gasteiger partial charge < -0.3 is 20.4 Å². The van der Waals surface area contributed by atoms with E-state index in [0.717, 1.165) is 23.4 Å². The van der Waals surface area contributed by atoms with Gasteiger partial charge in [-0.2, -0.15) is 0 Å². The van der Waals surface area contributed by atoms with Crippen LogP contribution in [-0.2, 0) is 11.2 Å². The van der Waals surface area contributed by atoms with E-state index in [2.05, 4.69) is 5.32 Å². The number of hydrogen-bond acceptors (Lipinski definition) is 4. The highest BCUT2D eigenvalue weighted by Gasteiger charge is 2.18. The Morgan fingerprint density at radius 2 is 2.06 bits per heavy atom. The zero-order valence-corrected chi connectivity index (χ0v) is 10.4. The second-order valence-corrected chi connectivity index (χ2v) is 4.52. The minimum atomic E-state index is -0.304. The summed E-state index contributed by atoms with van der Waals surface area (Å²) in [6.45, 7) is -0.193. The molecule has 1 aliphatic heterocycles. The monoisotopic (exact) mass is 250 g/mol. The second-order valence-electron chi connectivity index (χ2n) is 4.52. The molecule has 0 unspecified atom stereocenters. The van der Waals surface area contributed by atoms with E-state index in [-0.39, 0.29) is 25.2 Å². The Labute approximate surface area is 106 Å². The number of carbonyl (C=O) groups is 1. The van der Waals surface area contributed by atoms with Crippen molar-refractivity contribution in [2.45, 2.75) is 18.9 Å². The quantitative estimate of drug-likeness (QED) is 0.721. The van der Waals surface area contributed by atoms with Crippen LogP contribution < -0.4 is 10.2 Å². The number of aliphatic hydroxyl groups excluding tert-OH is 2. The second kappa shape index (κ2) is 5.37. The number of benzene rings is 1. The molecule has 98 valence electrons. The molecule has 0 atom stereocenters. The number of nitrogens with zero attached hydrogens (tertiary/aromatic N) is 1. The van der Waals surface area contributed by atoms with E-state index >= 15 is 0 Å². The smallest absolute Gasteiger partial charge is 0.224 e. The summed E-state index contributed by atoms with van der Waals surface area (Å²) in [5, 5.41) is 21.2. The van der Waals surface area contributed by atoms with Crippen LogP contribution in [0.2, 0.25) is 0 Å². The van der Waals surface area contributed by atoms with E-state index in [0.29, 0.717) is 6.42 Å². The number of anilines is 2. The first-order valence-corrected chi connectivity index (χ1v) is 6.03. The number of hydrogen-bond donors (Lipinski definition) is 3. The number of likely N-dealkylation sites (N-methyl/N-ethyl adjacent to an activating group) is 1. The minimum absolute atomic E-state index is 0.0483. The summed E-state index contributed by atoms with van der Waals surface area (Å²) in [6, 6.07) is 5.43. The molecule has 1 aromatic carbocycles. The normalized spacial score (nSPS) is 14.3. The number of fused-ring (bicyclic) bond motifs is 1. The van der Waals surface area contributed by atoms with Crippen molar-refractivity contribution in [3.05, 3.63) is 23.8 Å². The van der Waals surface area contributed by atoms with Crippen LogP contribution in [0.5, 0.6) is 0 Å². The summed E-state index contributed by atoms with van der Waals surface area (Å²) in [6.07, 6.45) is 1.23. The lowest BCUT2D eigenvalue weighted by Gasteiger charge is -2.28. The first-order chi connectivity index (χ1) is 8.65. The third-order valence-electron chi connectivity index (χ3n) is 3.36. The van der Waals surface area contributed by atoms with Gasteiger partial charge in [0.25, 0.3) is 0 Å². The Morgan fingerprint density at radius 3 is 2.72 bits per heavy atom. The third kappa shape index (κ3) is 2.47. The highest BCUT2D eigenvalue weighted by atomic mass is 16.3. The van der Waals surface area contributed by atoms with Crippen molar-refractivity contribution in [2.24, 2.45) is 0 Å². The van der Waals surface area contributed by atoms with Gasteiger partial charge in [0.1, 0.15) is 0 Å². The summed E-state index contributed by atoms with van der Waals surface area (Å²) in [5.74, 6) is 0.0483. The summed E-state index contributed by atoms with van der Waals surface area (Å²) in [5.41, 5.74) is 2.87. The summed E-state index contributed by atoms with van der Waals surface area (Å²) in [4.78, 5) is 13.1. The Kier molecular flexibility index (Phi) is 3.84. The third-order valence-corrected chi connectivity index (χ3v) is 3.36. The number of rotatable bonds is 4. The number of aryl methyl sites for hydroxylation is 1. The van der Waals surface area contributed by atoms with E-state index in [4.69, 9.17) is 0 Å². The lowest BCUT2D eigenvalue weighted by molar-refractivity contribution is -0.116. The van der Waals surface area contributed by atoms with Gasteiger partial charge in [-0.25, -0.2) is 0 Å². The number of carbonyl (C=O) groups excluding carboxylic acids is 1. The fourth-order valence-corrected chi connectivity index (χ4v) is 2.10. The highest BCUT2D eigenvalue weighted by molar-refractivity contribution is 5.94. The van der Waals surface area contributed by atoms with E-state index < -0.39 is 0 Å².